The van der Waals surface area contributed by atoms with E-state index in [9.17, 15) is 9.90 Å². The van der Waals surface area contributed by atoms with Crippen LogP contribution >= 0.6 is 0 Å². The molecule has 4 heteroatoms. The van der Waals surface area contributed by atoms with Gasteiger partial charge in [-0.3, -0.25) is 9.69 Å². The molecular weight excluding hydrogens is 264 g/mol. The summed E-state index contributed by atoms with van der Waals surface area (Å²) in [5.74, 6) is 0.0577. The SMILES string of the molecule is Cc1ccc(NC(=O)CN2CCCCC2)c(C(C)CO)c1. The number of benzene rings is 1. The Bertz CT molecular complexity index is 482. The molecule has 1 unspecified atom stereocenters. The molecule has 1 heterocycles. The molecule has 0 aliphatic carbocycles. The molecule has 0 aromatic heterocycles. The minimum atomic E-state index is 0.0233. The Morgan fingerprint density at radius 1 is 1.33 bits per heavy atom. The highest BCUT2D eigenvalue weighted by Gasteiger charge is 2.16. The third kappa shape index (κ3) is 4.55. The Morgan fingerprint density at radius 2 is 2.05 bits per heavy atom. The number of piperidine rings is 1. The first-order valence-corrected chi connectivity index (χ1v) is 7.83. The van der Waals surface area contributed by atoms with Crippen LogP contribution < -0.4 is 5.32 Å². The van der Waals surface area contributed by atoms with Crippen LogP contribution in [-0.4, -0.2) is 42.2 Å². The second kappa shape index (κ2) is 7.57. The van der Waals surface area contributed by atoms with Crippen molar-refractivity contribution < 1.29 is 9.90 Å². The van der Waals surface area contributed by atoms with Gasteiger partial charge in [0.25, 0.3) is 0 Å². The van der Waals surface area contributed by atoms with E-state index in [2.05, 4.69) is 10.2 Å². The number of aryl methyl sites for hydroxylation is 1. The van der Waals surface area contributed by atoms with Crippen LogP contribution in [0.25, 0.3) is 0 Å². The lowest BCUT2D eigenvalue weighted by Gasteiger charge is -2.26. The largest absolute Gasteiger partial charge is 0.396 e. The van der Waals surface area contributed by atoms with Crippen molar-refractivity contribution in [3.63, 3.8) is 0 Å². The van der Waals surface area contributed by atoms with E-state index in [4.69, 9.17) is 0 Å². The first-order valence-electron chi connectivity index (χ1n) is 7.83. The first kappa shape index (κ1) is 16.0. The van der Waals surface area contributed by atoms with Gasteiger partial charge in [0.1, 0.15) is 0 Å². The number of aliphatic hydroxyl groups is 1. The number of likely N-dealkylation sites (tertiary alicyclic amines) is 1. The number of aliphatic hydroxyl groups excluding tert-OH is 1. The number of nitrogens with one attached hydrogen (secondary N) is 1. The molecule has 1 amide bonds. The van der Waals surface area contributed by atoms with Crippen LogP contribution in [0.3, 0.4) is 0 Å². The fourth-order valence-electron chi connectivity index (χ4n) is 2.81. The number of anilines is 1. The van der Waals surface area contributed by atoms with E-state index in [1.807, 2.05) is 32.0 Å². The van der Waals surface area contributed by atoms with Gasteiger partial charge in [0.15, 0.2) is 0 Å². The highest BCUT2D eigenvalue weighted by atomic mass is 16.3. The maximum Gasteiger partial charge on any atom is 0.238 e. The zero-order chi connectivity index (χ0) is 15.2. The molecule has 1 atom stereocenters. The van der Waals surface area contributed by atoms with Gasteiger partial charge >= 0.3 is 0 Å². The summed E-state index contributed by atoms with van der Waals surface area (Å²) in [6.45, 7) is 6.56. The Morgan fingerprint density at radius 3 is 2.71 bits per heavy atom. The molecule has 21 heavy (non-hydrogen) atoms. The van der Waals surface area contributed by atoms with Crippen molar-refractivity contribution in [3.8, 4) is 0 Å². The van der Waals surface area contributed by atoms with Gasteiger partial charge in [0, 0.05) is 18.2 Å². The average molecular weight is 290 g/mol. The van der Waals surface area contributed by atoms with Crippen molar-refractivity contribution in [2.24, 2.45) is 0 Å². The molecule has 116 valence electrons. The lowest BCUT2D eigenvalue weighted by molar-refractivity contribution is -0.117. The predicted octanol–water partition coefficient (Wildman–Crippen LogP) is 2.52. The fraction of sp³-hybridized carbons (Fsp3) is 0.588. The lowest BCUT2D eigenvalue weighted by atomic mass is 9.98. The van der Waals surface area contributed by atoms with Gasteiger partial charge in [0.05, 0.1) is 6.54 Å². The van der Waals surface area contributed by atoms with Crippen LogP contribution in [-0.2, 0) is 4.79 Å². The molecule has 2 N–H and O–H groups in total. The van der Waals surface area contributed by atoms with Crippen LogP contribution in [0.15, 0.2) is 18.2 Å². The standard InChI is InChI=1S/C17H26N2O2/c1-13-6-7-16(15(10-13)14(2)12-20)18-17(21)11-19-8-4-3-5-9-19/h6-7,10,14,20H,3-5,8-9,11-12H2,1-2H3,(H,18,21). The minimum absolute atomic E-state index is 0.0233. The molecule has 1 aliphatic heterocycles. The number of carbonyl (C=O) groups excluding carboxylic acids is 1. The number of nitrogens with zero attached hydrogens (tertiary/aromatic N) is 1. The number of rotatable bonds is 5. The van der Waals surface area contributed by atoms with E-state index < -0.39 is 0 Å². The van der Waals surface area contributed by atoms with Gasteiger partial charge < -0.3 is 10.4 Å². The van der Waals surface area contributed by atoms with E-state index in [1.54, 1.807) is 0 Å². The van der Waals surface area contributed by atoms with Crippen LogP contribution in [0.2, 0.25) is 0 Å². The zero-order valence-electron chi connectivity index (χ0n) is 13.1. The molecule has 1 saturated heterocycles. The maximum absolute atomic E-state index is 12.2. The molecule has 1 fully saturated rings. The van der Waals surface area contributed by atoms with Gasteiger partial charge in [-0.05, 0) is 44.5 Å². The minimum Gasteiger partial charge on any atom is -0.396 e. The smallest absolute Gasteiger partial charge is 0.238 e. The second-order valence-electron chi connectivity index (χ2n) is 6.06. The Balaban J connectivity index is 2.02. The highest BCUT2D eigenvalue weighted by Crippen LogP contribution is 2.25. The summed E-state index contributed by atoms with van der Waals surface area (Å²) in [6.07, 6.45) is 3.64. The van der Waals surface area contributed by atoms with Crippen LogP contribution in [0.5, 0.6) is 0 Å². The molecule has 1 aromatic rings. The summed E-state index contributed by atoms with van der Waals surface area (Å²) in [5.41, 5.74) is 2.97. The number of hydrogen-bond donors (Lipinski definition) is 2. The highest BCUT2D eigenvalue weighted by molar-refractivity contribution is 5.93. The third-order valence-corrected chi connectivity index (χ3v) is 4.10. The Hall–Kier alpha value is -1.39. The van der Waals surface area contributed by atoms with E-state index in [-0.39, 0.29) is 18.4 Å². The normalized spacial score (nSPS) is 17.5. The molecule has 0 bridgehead atoms. The van der Waals surface area contributed by atoms with Gasteiger partial charge in [-0.15, -0.1) is 0 Å². The van der Waals surface area contributed by atoms with E-state index in [1.165, 1.54) is 19.3 Å². The van der Waals surface area contributed by atoms with E-state index >= 15 is 0 Å². The molecule has 0 radical (unpaired) electrons. The van der Waals surface area contributed by atoms with Gasteiger partial charge in [-0.25, -0.2) is 0 Å². The number of carbonyl (C=O) groups is 1. The molecule has 1 aromatic carbocycles. The third-order valence-electron chi connectivity index (χ3n) is 4.10. The molecule has 1 aliphatic rings. The summed E-state index contributed by atoms with van der Waals surface area (Å²) < 4.78 is 0. The van der Waals surface area contributed by atoms with Crippen molar-refractivity contribution in [1.82, 2.24) is 4.90 Å². The topological polar surface area (TPSA) is 52.6 Å². The van der Waals surface area contributed by atoms with Gasteiger partial charge in [-0.2, -0.15) is 0 Å². The first-order chi connectivity index (χ1) is 10.1. The predicted molar refractivity (Wildman–Crippen MR) is 85.6 cm³/mol. The quantitative estimate of drug-likeness (QED) is 0.876. The van der Waals surface area contributed by atoms with Crippen LogP contribution in [0, 0.1) is 6.92 Å². The van der Waals surface area contributed by atoms with E-state index in [0.29, 0.717) is 6.54 Å². The molecular formula is C17H26N2O2. The molecule has 2 rings (SSSR count). The summed E-state index contributed by atoms with van der Waals surface area (Å²) in [5, 5.41) is 12.4. The zero-order valence-corrected chi connectivity index (χ0v) is 13.1. The van der Waals surface area contributed by atoms with Crippen molar-refractivity contribution >= 4 is 11.6 Å². The Kier molecular flexibility index (Phi) is 5.76. The molecule has 0 spiro atoms. The van der Waals surface area contributed by atoms with Crippen LogP contribution in [0.4, 0.5) is 5.69 Å². The summed E-state index contributed by atoms with van der Waals surface area (Å²) in [7, 11) is 0. The molecule has 0 saturated carbocycles. The van der Waals surface area contributed by atoms with Crippen molar-refractivity contribution in [1.29, 1.82) is 0 Å². The van der Waals surface area contributed by atoms with Crippen molar-refractivity contribution in [2.45, 2.75) is 39.0 Å². The lowest BCUT2D eigenvalue weighted by Crippen LogP contribution is -2.37. The fourth-order valence-corrected chi connectivity index (χ4v) is 2.81. The second-order valence-corrected chi connectivity index (χ2v) is 6.06. The monoisotopic (exact) mass is 290 g/mol. The van der Waals surface area contributed by atoms with Gasteiger partial charge in [-0.1, -0.05) is 31.0 Å². The summed E-state index contributed by atoms with van der Waals surface area (Å²) in [6, 6.07) is 5.96. The van der Waals surface area contributed by atoms with Crippen molar-refractivity contribution in [2.75, 3.05) is 31.6 Å². The Labute approximate surface area is 127 Å². The van der Waals surface area contributed by atoms with Gasteiger partial charge in [0.2, 0.25) is 5.91 Å². The number of hydrogen-bond acceptors (Lipinski definition) is 3. The summed E-state index contributed by atoms with van der Waals surface area (Å²) >= 11 is 0. The van der Waals surface area contributed by atoms with Crippen molar-refractivity contribution in [3.05, 3.63) is 29.3 Å². The average Bonchev–Trinajstić information content (AvgIpc) is 2.49. The van der Waals surface area contributed by atoms with Crippen LogP contribution in [0.1, 0.15) is 43.2 Å². The van der Waals surface area contributed by atoms with E-state index in [0.717, 1.165) is 29.9 Å². The summed E-state index contributed by atoms with van der Waals surface area (Å²) in [4.78, 5) is 14.4. The maximum atomic E-state index is 12.2. The number of amides is 1. The molecule has 4 nitrogen and oxygen atoms in total.